The van der Waals surface area contributed by atoms with Crippen molar-refractivity contribution < 1.29 is 4.79 Å². The Morgan fingerprint density at radius 2 is 1.66 bits per heavy atom. The van der Waals surface area contributed by atoms with Crippen LogP contribution in [0.2, 0.25) is 5.02 Å². The van der Waals surface area contributed by atoms with Crippen molar-refractivity contribution in [1.29, 1.82) is 0 Å². The smallest absolute Gasteiger partial charge is 0.222 e. The first-order valence-corrected chi connectivity index (χ1v) is 10.9. The number of carbonyl (C=O) groups excluding carboxylic acids is 1. The van der Waals surface area contributed by atoms with E-state index in [1.165, 1.54) is 0 Å². The van der Waals surface area contributed by atoms with Crippen LogP contribution in [0.5, 0.6) is 0 Å². The maximum absolute atomic E-state index is 11.5. The number of piperazine rings is 1. The molecule has 0 N–H and O–H groups in total. The Bertz CT molecular complexity index is 644. The Labute approximate surface area is 181 Å². The summed E-state index contributed by atoms with van der Waals surface area (Å²) in [5, 5.41) is 0.647. The van der Waals surface area contributed by atoms with Crippen LogP contribution in [0.1, 0.15) is 53.7 Å². The van der Waals surface area contributed by atoms with Gasteiger partial charge in [0, 0.05) is 50.7 Å². The van der Waals surface area contributed by atoms with Crippen LogP contribution in [-0.4, -0.2) is 51.9 Å². The molecule has 3 heterocycles. The fourth-order valence-electron chi connectivity index (χ4n) is 2.49. The Morgan fingerprint density at radius 3 is 2.07 bits per heavy atom. The predicted octanol–water partition coefficient (Wildman–Crippen LogP) is 4.89. The average molecular weight is 422 g/mol. The lowest BCUT2D eigenvalue weighted by Crippen LogP contribution is -2.48. The molecule has 29 heavy (non-hydrogen) atoms. The molecule has 7 heteroatoms. The Hall–Kier alpha value is -2.21. The van der Waals surface area contributed by atoms with E-state index in [0.717, 1.165) is 44.1 Å². The van der Waals surface area contributed by atoms with Crippen LogP contribution >= 0.6 is 11.6 Å². The van der Waals surface area contributed by atoms with Crippen LogP contribution in [0.4, 0.5) is 5.82 Å². The summed E-state index contributed by atoms with van der Waals surface area (Å²) in [5.74, 6) is 1.16. The van der Waals surface area contributed by atoms with E-state index in [2.05, 4.69) is 26.8 Å². The molecule has 3 rings (SSSR count). The summed E-state index contributed by atoms with van der Waals surface area (Å²) in [6.45, 7) is 15.2. The number of nitrogens with zero attached hydrogens (tertiary/aromatic N) is 5. The third kappa shape index (κ3) is 10.2. The molecular weight excluding hydrogens is 386 g/mol. The number of hydrogen-bond donors (Lipinski definition) is 0. The number of hydrogen-bond acceptors (Lipinski definition) is 5. The molecule has 0 aromatic carbocycles. The number of rotatable bonds is 3. The highest BCUT2D eigenvalue weighted by molar-refractivity contribution is 6.30. The van der Waals surface area contributed by atoms with Crippen molar-refractivity contribution in [2.24, 2.45) is 0 Å². The number of aryl methyl sites for hydroxylation is 1. The second-order valence-electron chi connectivity index (χ2n) is 5.61. The maximum atomic E-state index is 11.5. The molecule has 2 aromatic heterocycles. The van der Waals surface area contributed by atoms with Crippen molar-refractivity contribution in [3.8, 4) is 0 Å². The van der Waals surface area contributed by atoms with Gasteiger partial charge in [-0.25, -0.2) is 15.0 Å². The predicted molar refractivity (Wildman–Crippen MR) is 122 cm³/mol. The fourth-order valence-corrected chi connectivity index (χ4v) is 2.60. The number of carbonyl (C=O) groups is 1. The van der Waals surface area contributed by atoms with E-state index in [1.54, 1.807) is 18.7 Å². The number of pyridine rings is 1. The Kier molecular flexibility index (Phi) is 15.4. The third-order valence-electron chi connectivity index (χ3n) is 3.98. The first-order chi connectivity index (χ1) is 14.1. The number of anilines is 1. The Morgan fingerprint density at radius 1 is 1.00 bits per heavy atom. The highest BCUT2D eigenvalue weighted by Crippen LogP contribution is 2.16. The second-order valence-corrected chi connectivity index (χ2v) is 6.05. The lowest BCUT2D eigenvalue weighted by molar-refractivity contribution is -0.131. The molecule has 0 unspecified atom stereocenters. The van der Waals surface area contributed by atoms with E-state index in [-0.39, 0.29) is 5.91 Å². The van der Waals surface area contributed by atoms with Crippen molar-refractivity contribution in [2.75, 3.05) is 31.1 Å². The van der Waals surface area contributed by atoms with E-state index in [4.69, 9.17) is 11.6 Å². The van der Waals surface area contributed by atoms with Gasteiger partial charge in [0.15, 0.2) is 0 Å². The first kappa shape index (κ1) is 26.8. The van der Waals surface area contributed by atoms with Crippen molar-refractivity contribution >= 4 is 23.3 Å². The molecule has 1 saturated heterocycles. The van der Waals surface area contributed by atoms with Gasteiger partial charge in [-0.3, -0.25) is 4.79 Å². The lowest BCUT2D eigenvalue weighted by Gasteiger charge is -2.35. The molecule has 162 valence electrons. The second kappa shape index (κ2) is 16.7. The molecular formula is C22H36ClN5O. The molecule has 0 spiro atoms. The summed E-state index contributed by atoms with van der Waals surface area (Å²) >= 11 is 5.80. The largest absolute Gasteiger partial charge is 0.353 e. The molecule has 0 saturated carbocycles. The number of amides is 1. The third-order valence-corrected chi connectivity index (χ3v) is 4.20. The molecule has 1 aliphatic heterocycles. The van der Waals surface area contributed by atoms with Crippen molar-refractivity contribution in [3.05, 3.63) is 47.6 Å². The van der Waals surface area contributed by atoms with Gasteiger partial charge in [-0.05, 0) is 24.6 Å². The van der Waals surface area contributed by atoms with Gasteiger partial charge in [0.1, 0.15) is 12.1 Å². The Balaban J connectivity index is 0.000000547. The normalized spacial score (nSPS) is 12.4. The zero-order chi connectivity index (χ0) is 22.1. The molecule has 0 atom stereocenters. The van der Waals surface area contributed by atoms with Gasteiger partial charge in [-0.1, -0.05) is 53.1 Å². The van der Waals surface area contributed by atoms with E-state index >= 15 is 0 Å². The quantitative estimate of drug-likeness (QED) is 0.706. The highest BCUT2D eigenvalue weighted by atomic mass is 35.5. The zero-order valence-electron chi connectivity index (χ0n) is 18.7. The summed E-state index contributed by atoms with van der Waals surface area (Å²) in [7, 11) is 0. The summed E-state index contributed by atoms with van der Waals surface area (Å²) in [5.41, 5.74) is 1.10. The number of aromatic nitrogens is 3. The van der Waals surface area contributed by atoms with Crippen molar-refractivity contribution in [3.63, 3.8) is 0 Å². The zero-order valence-corrected chi connectivity index (χ0v) is 19.5. The van der Waals surface area contributed by atoms with Gasteiger partial charge in [0.05, 0.1) is 5.02 Å². The number of halogens is 1. The summed E-state index contributed by atoms with van der Waals surface area (Å²) < 4.78 is 0. The standard InChI is InChI=1S/C12H16ClN3O.C6H8N2.2C2H6/c1-2-12(17)16-7-5-15(6-8-16)11-4-3-10(13)9-14-11;1-2-6-3-4-7-5-8-6;2*1-2/h3-4,9H,2,5-8H2,1H3;3-5H,2H2,1H3;2*1-2H3. The van der Waals surface area contributed by atoms with Gasteiger partial charge < -0.3 is 9.80 Å². The van der Waals surface area contributed by atoms with Gasteiger partial charge >= 0.3 is 0 Å². The fraction of sp³-hybridized carbons (Fsp3) is 0.545. The van der Waals surface area contributed by atoms with E-state index < -0.39 is 0 Å². The lowest BCUT2D eigenvalue weighted by atomic mass is 10.3. The minimum absolute atomic E-state index is 0.230. The monoisotopic (exact) mass is 421 g/mol. The summed E-state index contributed by atoms with van der Waals surface area (Å²) in [4.78, 5) is 27.7. The van der Waals surface area contributed by atoms with E-state index in [1.807, 2.05) is 57.7 Å². The molecule has 6 nitrogen and oxygen atoms in total. The molecule has 1 fully saturated rings. The maximum Gasteiger partial charge on any atom is 0.222 e. The average Bonchev–Trinajstić information content (AvgIpc) is 2.83. The van der Waals surface area contributed by atoms with Crippen molar-refractivity contribution in [2.45, 2.75) is 54.4 Å². The van der Waals surface area contributed by atoms with Crippen LogP contribution in [0.15, 0.2) is 36.9 Å². The van der Waals surface area contributed by atoms with Crippen LogP contribution in [0, 0.1) is 0 Å². The van der Waals surface area contributed by atoms with Gasteiger partial charge in [-0.2, -0.15) is 0 Å². The van der Waals surface area contributed by atoms with E-state index in [0.29, 0.717) is 11.4 Å². The van der Waals surface area contributed by atoms with E-state index in [9.17, 15) is 4.79 Å². The van der Waals surface area contributed by atoms with Crippen LogP contribution in [0.3, 0.4) is 0 Å². The minimum atomic E-state index is 0.230. The minimum Gasteiger partial charge on any atom is -0.353 e. The molecule has 0 bridgehead atoms. The van der Waals surface area contributed by atoms with Crippen LogP contribution < -0.4 is 4.90 Å². The van der Waals surface area contributed by atoms with Gasteiger partial charge in [0.2, 0.25) is 5.91 Å². The van der Waals surface area contributed by atoms with Crippen molar-refractivity contribution in [1.82, 2.24) is 19.9 Å². The summed E-state index contributed by atoms with van der Waals surface area (Å²) in [6.07, 6.45) is 6.55. The molecule has 2 aromatic rings. The van der Waals surface area contributed by atoms with Crippen LogP contribution in [0.25, 0.3) is 0 Å². The molecule has 0 radical (unpaired) electrons. The summed E-state index contributed by atoms with van der Waals surface area (Å²) in [6, 6.07) is 5.67. The first-order valence-electron chi connectivity index (χ1n) is 10.5. The molecule has 1 aliphatic rings. The molecule has 1 amide bonds. The molecule has 0 aliphatic carbocycles. The SMILES string of the molecule is CC.CC.CCC(=O)N1CCN(c2ccc(Cl)cn2)CC1.CCc1ccncn1. The topological polar surface area (TPSA) is 62.2 Å². The van der Waals surface area contributed by atoms with Crippen LogP contribution in [-0.2, 0) is 11.2 Å². The van der Waals surface area contributed by atoms with Gasteiger partial charge in [-0.15, -0.1) is 0 Å². The van der Waals surface area contributed by atoms with Gasteiger partial charge in [0.25, 0.3) is 0 Å². The highest BCUT2D eigenvalue weighted by Gasteiger charge is 2.20.